The minimum absolute atomic E-state index is 1.08. The fourth-order valence-electron chi connectivity index (χ4n) is 7.19. The molecule has 0 aliphatic carbocycles. The van der Waals surface area contributed by atoms with Crippen LogP contribution in [0.3, 0.4) is 0 Å². The zero-order valence-electron chi connectivity index (χ0n) is 26.9. The summed E-state index contributed by atoms with van der Waals surface area (Å²) < 4.78 is 2.42. The largest absolute Gasteiger partial charge is 0.311 e. The van der Waals surface area contributed by atoms with E-state index < -0.39 is 0 Å². The van der Waals surface area contributed by atoms with Crippen LogP contribution in [0.2, 0.25) is 0 Å². The summed E-state index contributed by atoms with van der Waals surface area (Å²) >= 11 is 0. The Morgan fingerprint density at radius 1 is 0.286 bits per heavy atom. The first-order valence-electron chi connectivity index (χ1n) is 16.7. The number of aromatic nitrogens is 1. The van der Waals surface area contributed by atoms with Crippen LogP contribution in [0.25, 0.3) is 38.3 Å². The molecule has 0 saturated carbocycles. The van der Waals surface area contributed by atoms with Crippen LogP contribution in [-0.2, 0) is 0 Å². The second kappa shape index (κ2) is 12.2. The molecule has 1 aromatic heterocycles. The van der Waals surface area contributed by atoms with Crippen LogP contribution in [0.4, 0.5) is 34.1 Å². The highest BCUT2D eigenvalue weighted by Gasteiger charge is 2.22. The SMILES string of the molecule is c1ccc(N(c2ccccc2)c2ccc(N(c3ccccc3-n3c4ccccc4c4ccccc43)c3cccc4ccccc34)cc2)cc1. The van der Waals surface area contributed by atoms with E-state index in [4.69, 9.17) is 0 Å². The van der Waals surface area contributed by atoms with Gasteiger partial charge in [-0.1, -0.05) is 121 Å². The predicted octanol–water partition coefficient (Wildman–Crippen LogP) is 12.9. The lowest BCUT2D eigenvalue weighted by Crippen LogP contribution is -2.14. The minimum atomic E-state index is 1.08. The molecule has 0 aliphatic rings. The van der Waals surface area contributed by atoms with Crippen molar-refractivity contribution in [3.05, 3.63) is 200 Å². The van der Waals surface area contributed by atoms with E-state index in [1.165, 1.54) is 32.6 Å². The van der Waals surface area contributed by atoms with Gasteiger partial charge in [0.2, 0.25) is 0 Å². The fourth-order valence-corrected chi connectivity index (χ4v) is 7.19. The summed E-state index contributed by atoms with van der Waals surface area (Å²) in [5, 5.41) is 4.89. The van der Waals surface area contributed by atoms with E-state index in [1.54, 1.807) is 0 Å². The van der Waals surface area contributed by atoms with Crippen LogP contribution in [0.1, 0.15) is 0 Å². The molecule has 0 unspecified atom stereocenters. The third-order valence-corrected chi connectivity index (χ3v) is 9.35. The Bertz CT molecular complexity index is 2450. The zero-order valence-corrected chi connectivity index (χ0v) is 26.9. The first-order valence-corrected chi connectivity index (χ1v) is 16.7. The van der Waals surface area contributed by atoms with Crippen molar-refractivity contribution in [1.29, 1.82) is 0 Å². The van der Waals surface area contributed by atoms with Gasteiger partial charge in [0.1, 0.15) is 0 Å². The van der Waals surface area contributed by atoms with E-state index in [0.29, 0.717) is 0 Å². The summed E-state index contributed by atoms with van der Waals surface area (Å²) in [4.78, 5) is 4.72. The molecule has 3 heteroatoms. The zero-order chi connectivity index (χ0) is 32.6. The number of rotatable bonds is 7. The molecule has 0 radical (unpaired) electrons. The van der Waals surface area contributed by atoms with Gasteiger partial charge in [0.05, 0.1) is 28.1 Å². The molecule has 8 aromatic carbocycles. The van der Waals surface area contributed by atoms with Crippen LogP contribution in [0.5, 0.6) is 0 Å². The third-order valence-electron chi connectivity index (χ3n) is 9.35. The first kappa shape index (κ1) is 28.6. The van der Waals surface area contributed by atoms with Gasteiger partial charge in [-0.3, -0.25) is 0 Å². The minimum Gasteiger partial charge on any atom is -0.311 e. The molecule has 9 rings (SSSR count). The molecule has 49 heavy (non-hydrogen) atoms. The van der Waals surface area contributed by atoms with Crippen LogP contribution in [-0.4, -0.2) is 4.57 Å². The topological polar surface area (TPSA) is 11.4 Å². The monoisotopic (exact) mass is 627 g/mol. The molecule has 3 nitrogen and oxygen atoms in total. The van der Waals surface area contributed by atoms with Crippen LogP contribution in [0.15, 0.2) is 200 Å². The van der Waals surface area contributed by atoms with E-state index >= 15 is 0 Å². The molecule has 0 spiro atoms. The van der Waals surface area contributed by atoms with Crippen molar-refractivity contribution in [2.45, 2.75) is 0 Å². The molecule has 0 saturated heterocycles. The maximum absolute atomic E-state index is 2.42. The third kappa shape index (κ3) is 5.00. The molecular formula is C46H33N3. The number of hydrogen-bond acceptors (Lipinski definition) is 2. The second-order valence-corrected chi connectivity index (χ2v) is 12.2. The van der Waals surface area contributed by atoms with Crippen molar-refractivity contribution in [3.63, 3.8) is 0 Å². The molecular weight excluding hydrogens is 595 g/mol. The molecule has 0 bridgehead atoms. The summed E-state index contributed by atoms with van der Waals surface area (Å²) in [6.07, 6.45) is 0. The van der Waals surface area contributed by atoms with Gasteiger partial charge >= 0.3 is 0 Å². The van der Waals surface area contributed by atoms with E-state index in [-0.39, 0.29) is 0 Å². The van der Waals surface area contributed by atoms with E-state index in [0.717, 1.165) is 39.8 Å². The van der Waals surface area contributed by atoms with Crippen LogP contribution >= 0.6 is 0 Å². The average molecular weight is 628 g/mol. The number of hydrogen-bond donors (Lipinski definition) is 0. The number of para-hydroxylation sites is 6. The van der Waals surface area contributed by atoms with Gasteiger partial charge in [-0.2, -0.15) is 0 Å². The van der Waals surface area contributed by atoms with Gasteiger partial charge < -0.3 is 14.4 Å². The number of anilines is 6. The second-order valence-electron chi connectivity index (χ2n) is 12.2. The van der Waals surface area contributed by atoms with Gasteiger partial charge in [0, 0.05) is 38.9 Å². The number of fused-ring (bicyclic) bond motifs is 4. The Balaban J connectivity index is 1.27. The predicted molar refractivity (Wildman–Crippen MR) is 208 cm³/mol. The molecule has 0 amide bonds. The molecule has 0 fully saturated rings. The lowest BCUT2D eigenvalue weighted by molar-refractivity contribution is 1.15. The summed E-state index contributed by atoms with van der Waals surface area (Å²) in [6, 6.07) is 71.5. The lowest BCUT2D eigenvalue weighted by atomic mass is 10.1. The van der Waals surface area contributed by atoms with E-state index in [9.17, 15) is 0 Å². The number of benzene rings is 8. The maximum atomic E-state index is 2.42. The molecule has 1 heterocycles. The summed E-state index contributed by atoms with van der Waals surface area (Å²) in [5.41, 5.74) is 10.1. The van der Waals surface area contributed by atoms with Gasteiger partial charge in [0.15, 0.2) is 0 Å². The maximum Gasteiger partial charge on any atom is 0.0702 e. The van der Waals surface area contributed by atoms with Gasteiger partial charge in [-0.05, 0) is 84.2 Å². The molecule has 0 atom stereocenters. The Hall–Kier alpha value is -6.58. The smallest absolute Gasteiger partial charge is 0.0702 e. The first-order chi connectivity index (χ1) is 24.3. The highest BCUT2D eigenvalue weighted by atomic mass is 15.2. The quantitative estimate of drug-likeness (QED) is 0.174. The average Bonchev–Trinajstić information content (AvgIpc) is 3.51. The van der Waals surface area contributed by atoms with Crippen LogP contribution in [0, 0.1) is 0 Å². The highest BCUT2D eigenvalue weighted by Crippen LogP contribution is 2.44. The van der Waals surface area contributed by atoms with Crippen molar-refractivity contribution in [1.82, 2.24) is 4.57 Å². The fraction of sp³-hybridized carbons (Fsp3) is 0. The highest BCUT2D eigenvalue weighted by molar-refractivity contribution is 6.10. The Kier molecular flexibility index (Phi) is 7.14. The van der Waals surface area contributed by atoms with Gasteiger partial charge in [-0.25, -0.2) is 0 Å². The van der Waals surface area contributed by atoms with Crippen LogP contribution < -0.4 is 9.80 Å². The molecule has 9 aromatic rings. The molecule has 0 N–H and O–H groups in total. The Labute approximate surface area is 286 Å². The van der Waals surface area contributed by atoms with Crippen molar-refractivity contribution in [2.24, 2.45) is 0 Å². The summed E-state index contributed by atoms with van der Waals surface area (Å²) in [6.45, 7) is 0. The van der Waals surface area contributed by atoms with Gasteiger partial charge in [0.25, 0.3) is 0 Å². The summed E-state index contributed by atoms with van der Waals surface area (Å²) in [7, 11) is 0. The lowest BCUT2D eigenvalue weighted by Gasteiger charge is -2.30. The summed E-state index contributed by atoms with van der Waals surface area (Å²) in [5.74, 6) is 0. The number of nitrogens with zero attached hydrogens (tertiary/aromatic N) is 3. The Morgan fingerprint density at radius 2 is 0.714 bits per heavy atom. The van der Waals surface area contributed by atoms with Crippen molar-refractivity contribution in [2.75, 3.05) is 9.80 Å². The van der Waals surface area contributed by atoms with E-state index in [1.807, 2.05) is 0 Å². The van der Waals surface area contributed by atoms with Crippen molar-refractivity contribution >= 4 is 66.7 Å². The molecule has 232 valence electrons. The van der Waals surface area contributed by atoms with Gasteiger partial charge in [-0.15, -0.1) is 0 Å². The van der Waals surface area contributed by atoms with E-state index in [2.05, 4.69) is 215 Å². The standard InChI is InChI=1S/C46H33N3/c1-3-18-35(19-4-1)47(36-20-5-2-6-21-36)37-30-32-38(33-31-37)48(42-29-15-17-34-16-7-8-22-39(34)42)45-27-13-14-28-46(45)49-43-25-11-9-23-40(43)41-24-10-12-26-44(41)49/h1-33H. The molecule has 0 aliphatic heterocycles. The van der Waals surface area contributed by atoms with Crippen molar-refractivity contribution in [3.8, 4) is 5.69 Å². The Morgan fingerprint density at radius 3 is 1.35 bits per heavy atom. The normalized spacial score (nSPS) is 11.3. The van der Waals surface area contributed by atoms with Crippen molar-refractivity contribution < 1.29 is 0 Å².